The summed E-state index contributed by atoms with van der Waals surface area (Å²) in [6.45, 7) is 0. The van der Waals surface area contributed by atoms with Gasteiger partial charge in [0.2, 0.25) is 0 Å². The lowest BCUT2D eigenvalue weighted by molar-refractivity contribution is -0.138. The van der Waals surface area contributed by atoms with E-state index < -0.39 is 11.9 Å². The van der Waals surface area contributed by atoms with Gasteiger partial charge in [0.25, 0.3) is 0 Å². The van der Waals surface area contributed by atoms with E-state index in [1.807, 2.05) is 42.5 Å². The third-order valence-corrected chi connectivity index (χ3v) is 3.21. The van der Waals surface area contributed by atoms with Crippen LogP contribution in [-0.4, -0.2) is 31.1 Å². The minimum atomic E-state index is -0.664. The number of benzene rings is 1. The van der Waals surface area contributed by atoms with Gasteiger partial charge in [-0.05, 0) is 35.4 Å². The van der Waals surface area contributed by atoms with Crippen LogP contribution in [0, 0.1) is 0 Å². The van der Waals surface area contributed by atoms with Crippen LogP contribution in [0.4, 0.5) is 5.69 Å². The first kappa shape index (κ1) is 17.9. The Morgan fingerprint density at radius 3 is 2.40 bits per heavy atom. The number of pyridine rings is 1. The van der Waals surface area contributed by atoms with Gasteiger partial charge in [-0.15, -0.1) is 0 Å². The predicted octanol–water partition coefficient (Wildman–Crippen LogP) is 2.89. The minimum Gasteiger partial charge on any atom is -0.466 e. The molecule has 6 nitrogen and oxygen atoms in total. The molecule has 2 rings (SSSR count). The van der Waals surface area contributed by atoms with Gasteiger partial charge in [0.1, 0.15) is 5.70 Å². The van der Waals surface area contributed by atoms with Crippen molar-refractivity contribution in [1.82, 2.24) is 4.98 Å². The third kappa shape index (κ3) is 5.62. The van der Waals surface area contributed by atoms with E-state index in [2.05, 4.69) is 19.8 Å². The summed E-state index contributed by atoms with van der Waals surface area (Å²) in [7, 11) is 2.47. The Bertz CT molecular complexity index is 798. The molecule has 1 N–H and O–H groups in total. The van der Waals surface area contributed by atoms with Crippen LogP contribution in [0.3, 0.4) is 0 Å². The molecule has 0 atom stereocenters. The van der Waals surface area contributed by atoms with Gasteiger partial charge in [0, 0.05) is 18.1 Å². The summed E-state index contributed by atoms with van der Waals surface area (Å²) in [5.74, 6) is -1.32. The Hall–Kier alpha value is -3.41. The average Bonchev–Trinajstić information content (AvgIpc) is 2.66. The lowest BCUT2D eigenvalue weighted by Crippen LogP contribution is -2.15. The number of carbonyl (C=O) groups excluding carboxylic acids is 2. The van der Waals surface area contributed by atoms with Gasteiger partial charge in [-0.3, -0.25) is 4.98 Å². The van der Waals surface area contributed by atoms with Crippen LogP contribution in [0.25, 0.3) is 12.2 Å². The number of methoxy groups -OCH3 is 2. The fourth-order valence-electron chi connectivity index (χ4n) is 1.98. The quantitative estimate of drug-likeness (QED) is 0.645. The molecule has 0 saturated heterocycles. The number of anilines is 1. The number of hydrogen-bond donors (Lipinski definition) is 1. The van der Waals surface area contributed by atoms with Crippen molar-refractivity contribution in [3.05, 3.63) is 71.7 Å². The van der Waals surface area contributed by atoms with E-state index in [4.69, 9.17) is 0 Å². The number of carbonyl (C=O) groups is 2. The number of ether oxygens (including phenoxy) is 2. The lowest BCUT2D eigenvalue weighted by Gasteiger charge is -2.09. The molecule has 0 bridgehead atoms. The second kappa shape index (κ2) is 9.02. The Kier molecular flexibility index (Phi) is 6.47. The van der Waals surface area contributed by atoms with Gasteiger partial charge in [0.15, 0.2) is 0 Å². The molecule has 6 heteroatoms. The molecular formula is C19H18N2O4. The van der Waals surface area contributed by atoms with E-state index in [1.54, 1.807) is 18.5 Å². The molecule has 128 valence electrons. The van der Waals surface area contributed by atoms with Crippen LogP contribution in [0.15, 0.2) is 60.6 Å². The first-order valence-electron chi connectivity index (χ1n) is 7.45. The molecule has 1 heterocycles. The molecule has 0 saturated carbocycles. The molecule has 0 aliphatic rings. The van der Waals surface area contributed by atoms with Gasteiger partial charge < -0.3 is 14.8 Å². The van der Waals surface area contributed by atoms with Gasteiger partial charge in [-0.1, -0.05) is 24.3 Å². The lowest BCUT2D eigenvalue weighted by atomic mass is 10.1. The summed E-state index contributed by atoms with van der Waals surface area (Å²) in [5.41, 5.74) is 2.57. The molecule has 2 aromatic rings. The number of nitrogens with one attached hydrogen (secondary N) is 1. The normalized spacial score (nSPS) is 11.2. The maximum absolute atomic E-state index is 11.8. The van der Waals surface area contributed by atoms with Crippen molar-refractivity contribution in [3.8, 4) is 0 Å². The van der Waals surface area contributed by atoms with E-state index in [1.165, 1.54) is 14.2 Å². The fraction of sp³-hybridized carbons (Fsp3) is 0.105. The molecular weight excluding hydrogens is 320 g/mol. The molecule has 25 heavy (non-hydrogen) atoms. The number of hydrogen-bond acceptors (Lipinski definition) is 6. The number of aromatic nitrogens is 1. The number of nitrogens with zero attached hydrogens (tertiary/aromatic N) is 1. The van der Waals surface area contributed by atoms with E-state index in [0.717, 1.165) is 17.2 Å². The van der Waals surface area contributed by atoms with E-state index >= 15 is 0 Å². The van der Waals surface area contributed by atoms with Crippen molar-refractivity contribution in [2.75, 3.05) is 19.5 Å². The molecule has 0 fully saturated rings. The van der Waals surface area contributed by atoms with Crippen molar-refractivity contribution >= 4 is 29.8 Å². The SMILES string of the molecule is COC(=O)/C=C(/Nc1cccc(C=Cc2ccncc2)c1)C(=O)OC. The first-order chi connectivity index (χ1) is 12.1. The van der Waals surface area contributed by atoms with Crippen LogP contribution in [-0.2, 0) is 19.1 Å². The van der Waals surface area contributed by atoms with Gasteiger partial charge in [-0.2, -0.15) is 0 Å². The third-order valence-electron chi connectivity index (χ3n) is 3.21. The first-order valence-corrected chi connectivity index (χ1v) is 7.45. The largest absolute Gasteiger partial charge is 0.466 e. The van der Waals surface area contributed by atoms with Crippen LogP contribution < -0.4 is 5.32 Å². The van der Waals surface area contributed by atoms with Crippen molar-refractivity contribution in [1.29, 1.82) is 0 Å². The molecule has 0 unspecified atom stereocenters. The topological polar surface area (TPSA) is 77.5 Å². The van der Waals surface area contributed by atoms with Crippen LogP contribution >= 0.6 is 0 Å². The molecule has 0 amide bonds. The summed E-state index contributed by atoms with van der Waals surface area (Å²) in [4.78, 5) is 27.1. The highest BCUT2D eigenvalue weighted by Gasteiger charge is 2.12. The number of esters is 2. The minimum absolute atomic E-state index is 0.00962. The molecule has 1 aromatic carbocycles. The van der Waals surface area contributed by atoms with Crippen LogP contribution in [0.1, 0.15) is 11.1 Å². The molecule has 1 aromatic heterocycles. The summed E-state index contributed by atoms with van der Waals surface area (Å²) in [5, 5.41) is 2.88. The number of rotatable bonds is 6. The molecule has 0 aliphatic carbocycles. The molecule has 0 spiro atoms. The van der Waals surface area contributed by atoms with E-state index in [0.29, 0.717) is 5.69 Å². The zero-order valence-corrected chi connectivity index (χ0v) is 13.9. The van der Waals surface area contributed by atoms with E-state index in [-0.39, 0.29) is 5.70 Å². The van der Waals surface area contributed by atoms with Crippen LogP contribution in [0.5, 0.6) is 0 Å². The summed E-state index contributed by atoms with van der Waals surface area (Å²) in [6.07, 6.45) is 8.37. The van der Waals surface area contributed by atoms with Crippen LogP contribution in [0.2, 0.25) is 0 Å². The van der Waals surface area contributed by atoms with Crippen molar-refractivity contribution in [2.24, 2.45) is 0 Å². The molecule has 0 radical (unpaired) electrons. The monoisotopic (exact) mass is 338 g/mol. The van der Waals surface area contributed by atoms with Crippen molar-refractivity contribution in [2.45, 2.75) is 0 Å². The van der Waals surface area contributed by atoms with E-state index in [9.17, 15) is 9.59 Å². The highest BCUT2D eigenvalue weighted by atomic mass is 16.5. The predicted molar refractivity (Wildman–Crippen MR) is 95.3 cm³/mol. The van der Waals surface area contributed by atoms with Gasteiger partial charge >= 0.3 is 11.9 Å². The maximum atomic E-state index is 11.8. The van der Waals surface area contributed by atoms with Crippen molar-refractivity contribution < 1.29 is 19.1 Å². The van der Waals surface area contributed by atoms with Crippen molar-refractivity contribution in [3.63, 3.8) is 0 Å². The second-order valence-electron chi connectivity index (χ2n) is 4.94. The highest BCUT2D eigenvalue weighted by molar-refractivity contribution is 5.98. The average molecular weight is 338 g/mol. The Labute approximate surface area is 145 Å². The van der Waals surface area contributed by atoms with Gasteiger partial charge in [0.05, 0.1) is 20.3 Å². The summed E-state index contributed by atoms with van der Waals surface area (Å²) < 4.78 is 9.21. The van der Waals surface area contributed by atoms with Gasteiger partial charge in [-0.25, -0.2) is 9.59 Å². The summed E-state index contributed by atoms with van der Waals surface area (Å²) in [6, 6.07) is 11.2. The Morgan fingerprint density at radius 2 is 1.72 bits per heavy atom. The zero-order valence-electron chi connectivity index (χ0n) is 13.9. The Morgan fingerprint density at radius 1 is 1.00 bits per heavy atom. The molecule has 0 aliphatic heterocycles. The highest BCUT2D eigenvalue weighted by Crippen LogP contribution is 2.16. The zero-order chi connectivity index (χ0) is 18.1. The smallest absolute Gasteiger partial charge is 0.354 e. The fourth-order valence-corrected chi connectivity index (χ4v) is 1.98. The standard InChI is InChI=1S/C19H18N2O4/c1-24-18(22)13-17(19(23)25-2)21-16-5-3-4-15(12-16)7-6-14-8-10-20-11-9-14/h3-13,21H,1-2H3/b7-6?,17-13+. The Balaban J connectivity index is 2.19. The second-order valence-corrected chi connectivity index (χ2v) is 4.94. The summed E-state index contributed by atoms with van der Waals surface area (Å²) >= 11 is 0. The maximum Gasteiger partial charge on any atom is 0.354 e.